The fourth-order valence-corrected chi connectivity index (χ4v) is 5.21. The number of ether oxygens (including phenoxy) is 1. The van der Waals surface area contributed by atoms with Crippen molar-refractivity contribution >= 4 is 11.9 Å². The second kappa shape index (κ2) is 10.3. The van der Waals surface area contributed by atoms with E-state index in [1.54, 1.807) is 36.5 Å². The van der Waals surface area contributed by atoms with E-state index in [4.69, 9.17) is 10.5 Å². The Balaban J connectivity index is 1.27. The molecule has 3 aromatic rings. The molecule has 1 amide bonds. The van der Waals surface area contributed by atoms with Crippen LogP contribution in [0.1, 0.15) is 53.0 Å². The van der Waals surface area contributed by atoms with Crippen molar-refractivity contribution in [1.82, 2.24) is 15.3 Å². The Morgan fingerprint density at radius 1 is 1.18 bits per heavy atom. The smallest absolute Gasteiger partial charge is 0.381 e. The molecule has 2 atom stereocenters. The lowest BCUT2D eigenvalue weighted by Crippen LogP contribution is -2.30. The second-order valence-corrected chi connectivity index (χ2v) is 10.1. The number of nitrogens with one attached hydrogen (secondary N) is 1. The lowest BCUT2D eigenvalue weighted by atomic mass is 9.87. The monoisotopic (exact) mass is 525 g/mol. The highest BCUT2D eigenvalue weighted by atomic mass is 19.4. The van der Waals surface area contributed by atoms with Gasteiger partial charge in [-0.3, -0.25) is 4.79 Å². The maximum Gasteiger partial charge on any atom is 0.416 e. The number of carbonyl (C=O) groups is 1. The first-order valence-corrected chi connectivity index (χ1v) is 12.6. The van der Waals surface area contributed by atoms with Crippen molar-refractivity contribution in [1.29, 1.82) is 0 Å². The van der Waals surface area contributed by atoms with Gasteiger partial charge in [-0.2, -0.15) is 13.2 Å². The molecule has 2 saturated heterocycles. The summed E-state index contributed by atoms with van der Waals surface area (Å²) in [4.78, 5) is 24.0. The van der Waals surface area contributed by atoms with Gasteiger partial charge >= 0.3 is 6.18 Å². The zero-order valence-corrected chi connectivity index (χ0v) is 21.1. The average molecular weight is 526 g/mol. The molecule has 2 aliphatic rings. The lowest BCUT2D eigenvalue weighted by molar-refractivity contribution is -0.137. The van der Waals surface area contributed by atoms with Gasteiger partial charge in [-0.15, -0.1) is 0 Å². The molecule has 0 saturated carbocycles. The number of alkyl halides is 3. The first kappa shape index (κ1) is 26.1. The van der Waals surface area contributed by atoms with Crippen LogP contribution in [-0.2, 0) is 17.5 Å². The molecule has 1 spiro atoms. The number of benzene rings is 2. The molecule has 2 aliphatic heterocycles. The Labute approximate surface area is 219 Å². The van der Waals surface area contributed by atoms with Crippen molar-refractivity contribution in [2.24, 2.45) is 11.1 Å². The average Bonchev–Trinajstić information content (AvgIpc) is 3.57. The number of rotatable bonds is 6. The van der Waals surface area contributed by atoms with Crippen molar-refractivity contribution in [3.05, 3.63) is 77.1 Å². The molecule has 0 radical (unpaired) electrons. The fraction of sp³-hybridized carbons (Fsp3) is 0.393. The number of nitrogens with two attached hydrogens (primary N) is 1. The topological polar surface area (TPSA) is 93.4 Å². The van der Waals surface area contributed by atoms with Gasteiger partial charge in [0.2, 0.25) is 5.95 Å². The van der Waals surface area contributed by atoms with Gasteiger partial charge in [0, 0.05) is 37.9 Å². The summed E-state index contributed by atoms with van der Waals surface area (Å²) in [5, 5.41) is 2.95. The number of hydrogen-bond donors (Lipinski definition) is 2. The molecule has 1 unspecified atom stereocenters. The molecule has 2 aromatic carbocycles. The number of nitrogens with zero attached hydrogens (tertiary/aromatic N) is 3. The zero-order chi connectivity index (χ0) is 26.9. The summed E-state index contributed by atoms with van der Waals surface area (Å²) in [5.41, 5.74) is 7.96. The van der Waals surface area contributed by atoms with Gasteiger partial charge in [0.1, 0.15) is 5.69 Å². The molecule has 3 N–H and O–H groups in total. The molecule has 5 rings (SSSR count). The van der Waals surface area contributed by atoms with Gasteiger partial charge in [0.25, 0.3) is 5.91 Å². The molecule has 1 aromatic heterocycles. The Bertz CT molecular complexity index is 1310. The van der Waals surface area contributed by atoms with Gasteiger partial charge in [-0.25, -0.2) is 9.97 Å². The van der Waals surface area contributed by atoms with E-state index >= 15 is 0 Å². The highest BCUT2D eigenvalue weighted by Crippen LogP contribution is 2.39. The van der Waals surface area contributed by atoms with Crippen LogP contribution in [0.5, 0.6) is 0 Å². The Kier molecular flexibility index (Phi) is 7.11. The Morgan fingerprint density at radius 2 is 1.97 bits per heavy atom. The third-order valence-electron chi connectivity index (χ3n) is 7.51. The molecule has 200 valence electrons. The second-order valence-electron chi connectivity index (χ2n) is 10.1. The van der Waals surface area contributed by atoms with Crippen LogP contribution in [0.4, 0.5) is 19.1 Å². The molecule has 2 fully saturated rings. The van der Waals surface area contributed by atoms with Gasteiger partial charge in [0.05, 0.1) is 18.2 Å². The standard InChI is InChI=1S/C28H30F3N5O2/c1-18(19-2-4-20(5-3-19)23-14-22(28(29,30)31)7-6-21(23)15-32)34-25(37)24-8-11-33-26(35-24)36-12-9-27(16-36)10-13-38-17-27/h2-8,11,14,18H,9-10,12-13,15-17,32H2,1H3,(H,34,37)/t18-,27?/m1/s1. The van der Waals surface area contributed by atoms with Gasteiger partial charge in [-0.1, -0.05) is 30.3 Å². The quantitative estimate of drug-likeness (QED) is 0.484. The number of hydrogen-bond acceptors (Lipinski definition) is 6. The van der Waals surface area contributed by atoms with Crippen molar-refractivity contribution in [2.75, 3.05) is 31.2 Å². The predicted molar refractivity (Wildman–Crippen MR) is 137 cm³/mol. The molecule has 38 heavy (non-hydrogen) atoms. The Hall–Kier alpha value is -3.50. The summed E-state index contributed by atoms with van der Waals surface area (Å²) in [5.74, 6) is 0.210. The molecular formula is C28H30F3N5O2. The zero-order valence-electron chi connectivity index (χ0n) is 21.1. The summed E-state index contributed by atoms with van der Waals surface area (Å²) in [6.45, 7) is 5.14. The highest BCUT2D eigenvalue weighted by Gasteiger charge is 2.42. The lowest BCUT2D eigenvalue weighted by Gasteiger charge is -2.22. The van der Waals surface area contributed by atoms with Crippen LogP contribution in [0, 0.1) is 5.41 Å². The third-order valence-corrected chi connectivity index (χ3v) is 7.51. The summed E-state index contributed by atoms with van der Waals surface area (Å²) >= 11 is 0. The highest BCUT2D eigenvalue weighted by molar-refractivity contribution is 5.92. The molecule has 0 bridgehead atoms. The largest absolute Gasteiger partial charge is 0.416 e. The van der Waals surface area contributed by atoms with Crippen LogP contribution in [-0.4, -0.2) is 42.2 Å². The van der Waals surface area contributed by atoms with Crippen molar-refractivity contribution in [3.8, 4) is 11.1 Å². The number of anilines is 1. The van der Waals surface area contributed by atoms with Crippen LogP contribution < -0.4 is 16.0 Å². The van der Waals surface area contributed by atoms with Crippen LogP contribution >= 0.6 is 0 Å². The van der Waals surface area contributed by atoms with E-state index in [1.807, 2.05) is 6.92 Å². The summed E-state index contributed by atoms with van der Waals surface area (Å²) in [6, 6.07) is 11.9. The Morgan fingerprint density at radius 3 is 2.66 bits per heavy atom. The minimum Gasteiger partial charge on any atom is -0.381 e. The van der Waals surface area contributed by atoms with E-state index < -0.39 is 11.7 Å². The molecule has 3 heterocycles. The molecule has 7 nitrogen and oxygen atoms in total. The SMILES string of the molecule is C[C@@H](NC(=O)c1ccnc(N2CCC3(CCOC3)C2)n1)c1ccc(-c2cc(C(F)(F)F)ccc2CN)cc1. The minimum absolute atomic E-state index is 0.120. The fourth-order valence-electron chi connectivity index (χ4n) is 5.21. The van der Waals surface area contributed by atoms with Crippen LogP contribution in [0.25, 0.3) is 11.1 Å². The summed E-state index contributed by atoms with van der Waals surface area (Å²) < 4.78 is 45.3. The summed E-state index contributed by atoms with van der Waals surface area (Å²) in [6.07, 6.45) is -0.798. The van der Waals surface area contributed by atoms with Gasteiger partial charge in [0.15, 0.2) is 0 Å². The van der Waals surface area contributed by atoms with E-state index in [1.165, 1.54) is 6.07 Å². The van der Waals surface area contributed by atoms with E-state index in [0.29, 0.717) is 22.6 Å². The molecule has 0 aliphatic carbocycles. The summed E-state index contributed by atoms with van der Waals surface area (Å²) in [7, 11) is 0. The van der Waals surface area contributed by atoms with E-state index in [0.717, 1.165) is 56.8 Å². The maximum atomic E-state index is 13.2. The van der Waals surface area contributed by atoms with E-state index in [-0.39, 0.29) is 29.6 Å². The maximum absolute atomic E-state index is 13.2. The first-order valence-electron chi connectivity index (χ1n) is 12.6. The van der Waals surface area contributed by atoms with E-state index in [2.05, 4.69) is 20.2 Å². The van der Waals surface area contributed by atoms with Crippen LogP contribution in [0.15, 0.2) is 54.7 Å². The number of carbonyl (C=O) groups excluding carboxylic acids is 1. The van der Waals surface area contributed by atoms with Crippen molar-refractivity contribution < 1.29 is 22.7 Å². The number of amides is 1. The third kappa shape index (κ3) is 5.37. The van der Waals surface area contributed by atoms with Gasteiger partial charge in [-0.05, 0) is 60.2 Å². The normalized spacial score (nSPS) is 20.2. The van der Waals surface area contributed by atoms with Crippen LogP contribution in [0.2, 0.25) is 0 Å². The van der Waals surface area contributed by atoms with Crippen LogP contribution in [0.3, 0.4) is 0 Å². The van der Waals surface area contributed by atoms with Crippen molar-refractivity contribution in [3.63, 3.8) is 0 Å². The predicted octanol–water partition coefficient (Wildman–Crippen LogP) is 4.73. The number of halogens is 3. The number of aromatic nitrogens is 2. The van der Waals surface area contributed by atoms with Crippen molar-refractivity contribution in [2.45, 2.75) is 38.5 Å². The first-order chi connectivity index (χ1) is 18.2. The van der Waals surface area contributed by atoms with Gasteiger partial charge < -0.3 is 20.7 Å². The molecular weight excluding hydrogens is 495 g/mol. The molecule has 10 heteroatoms. The minimum atomic E-state index is -4.44. The van der Waals surface area contributed by atoms with E-state index in [9.17, 15) is 18.0 Å².